The highest BCUT2D eigenvalue weighted by Gasteiger charge is 2.35. The van der Waals surface area contributed by atoms with Gasteiger partial charge in [0.15, 0.2) is 0 Å². The Kier molecular flexibility index (Phi) is 7.72. The van der Waals surface area contributed by atoms with E-state index in [4.69, 9.17) is 16.3 Å². The molecule has 3 heterocycles. The molecule has 10 nitrogen and oxygen atoms in total. The van der Waals surface area contributed by atoms with Crippen molar-refractivity contribution in [3.05, 3.63) is 66.0 Å². The molecule has 39 heavy (non-hydrogen) atoms. The van der Waals surface area contributed by atoms with E-state index in [-0.39, 0.29) is 36.2 Å². The van der Waals surface area contributed by atoms with E-state index in [1.165, 1.54) is 28.0 Å². The van der Waals surface area contributed by atoms with Crippen molar-refractivity contribution < 1.29 is 23.8 Å². The Balaban J connectivity index is 1.24. The average molecular weight is 557 g/mol. The Labute approximate surface area is 230 Å². The number of likely N-dealkylation sites (N-methyl/N-ethyl adjacent to an activating group) is 1. The molecule has 0 unspecified atom stereocenters. The molecule has 5 rings (SSSR count). The SMILES string of the molecule is CN1C(=O)[C@H](NC(=O)c2ncn(Cc3ccc(F)cc3)n2)COc2ccc(N3CCC(CO)(CCl)CC3)cc21. The Hall–Kier alpha value is -3.70. The van der Waals surface area contributed by atoms with Gasteiger partial charge in [-0.2, -0.15) is 0 Å². The van der Waals surface area contributed by atoms with Gasteiger partial charge in [0.1, 0.15) is 30.5 Å². The molecule has 2 N–H and O–H groups in total. The number of piperidine rings is 1. The van der Waals surface area contributed by atoms with Crippen LogP contribution in [0.4, 0.5) is 15.8 Å². The van der Waals surface area contributed by atoms with Crippen molar-refractivity contribution in [2.24, 2.45) is 5.41 Å². The Morgan fingerprint density at radius 3 is 2.67 bits per heavy atom. The molecule has 1 aromatic heterocycles. The third-order valence-corrected chi connectivity index (χ3v) is 8.02. The quantitative estimate of drug-likeness (QED) is 0.430. The minimum atomic E-state index is -0.939. The topological polar surface area (TPSA) is 113 Å². The second kappa shape index (κ2) is 11.2. The molecule has 1 fully saturated rings. The lowest BCUT2D eigenvalue weighted by Gasteiger charge is -2.40. The zero-order valence-electron chi connectivity index (χ0n) is 21.5. The van der Waals surface area contributed by atoms with Crippen LogP contribution in [0, 0.1) is 11.2 Å². The molecule has 2 aliphatic heterocycles. The molecule has 2 amide bonds. The third kappa shape index (κ3) is 5.69. The van der Waals surface area contributed by atoms with Gasteiger partial charge in [-0.25, -0.2) is 14.1 Å². The first-order valence-corrected chi connectivity index (χ1v) is 13.3. The van der Waals surface area contributed by atoms with Crippen LogP contribution in [0.25, 0.3) is 0 Å². The molecule has 0 spiro atoms. The standard InChI is InChI=1S/C27H30ClFN6O4/c1-33-22-12-20(34-10-8-27(15-28,16-36)9-11-34)6-7-23(22)39-14-21(26(33)38)31-25(37)24-30-17-35(32-24)13-18-2-4-19(29)5-3-18/h2-7,12,17,21,36H,8-11,13-16H2,1H3,(H,31,37)/t21-/m1/s1. The number of carbonyl (C=O) groups excluding carboxylic acids is 2. The third-order valence-electron chi connectivity index (χ3n) is 7.45. The molecular formula is C27H30ClFN6O4. The molecule has 0 saturated carbocycles. The molecule has 1 atom stereocenters. The number of benzene rings is 2. The zero-order chi connectivity index (χ0) is 27.6. The number of aromatic nitrogens is 3. The van der Waals surface area contributed by atoms with E-state index in [9.17, 15) is 19.1 Å². The number of hydrogen-bond acceptors (Lipinski definition) is 7. The van der Waals surface area contributed by atoms with E-state index < -0.39 is 11.9 Å². The summed E-state index contributed by atoms with van der Waals surface area (Å²) in [6.45, 7) is 1.82. The van der Waals surface area contributed by atoms with Crippen LogP contribution in [0.5, 0.6) is 5.75 Å². The van der Waals surface area contributed by atoms with Crippen molar-refractivity contribution in [1.82, 2.24) is 20.1 Å². The maximum absolute atomic E-state index is 13.3. The summed E-state index contributed by atoms with van der Waals surface area (Å²) < 4.78 is 20.5. The fraction of sp³-hybridized carbons (Fsp3) is 0.407. The first-order valence-electron chi connectivity index (χ1n) is 12.7. The highest BCUT2D eigenvalue weighted by atomic mass is 35.5. The fourth-order valence-corrected chi connectivity index (χ4v) is 5.19. The molecule has 2 aromatic carbocycles. The van der Waals surface area contributed by atoms with E-state index >= 15 is 0 Å². The molecular weight excluding hydrogens is 527 g/mol. The predicted octanol–water partition coefficient (Wildman–Crippen LogP) is 2.44. The maximum Gasteiger partial charge on any atom is 0.291 e. The number of carbonyl (C=O) groups is 2. The van der Waals surface area contributed by atoms with Gasteiger partial charge in [-0.1, -0.05) is 12.1 Å². The van der Waals surface area contributed by atoms with Gasteiger partial charge in [0.2, 0.25) is 5.82 Å². The summed E-state index contributed by atoms with van der Waals surface area (Å²) in [6, 6.07) is 10.7. The van der Waals surface area contributed by atoms with Crippen LogP contribution >= 0.6 is 11.6 Å². The van der Waals surface area contributed by atoms with Crippen LogP contribution < -0.4 is 19.9 Å². The van der Waals surface area contributed by atoms with Gasteiger partial charge in [-0.3, -0.25) is 9.59 Å². The van der Waals surface area contributed by atoms with Gasteiger partial charge >= 0.3 is 0 Å². The van der Waals surface area contributed by atoms with Crippen LogP contribution in [0.3, 0.4) is 0 Å². The van der Waals surface area contributed by atoms with Gasteiger partial charge in [0, 0.05) is 43.7 Å². The van der Waals surface area contributed by atoms with Crippen molar-refractivity contribution in [3.63, 3.8) is 0 Å². The summed E-state index contributed by atoms with van der Waals surface area (Å²) in [5.41, 5.74) is 2.09. The average Bonchev–Trinajstić information content (AvgIpc) is 3.40. The van der Waals surface area contributed by atoms with Crippen molar-refractivity contribution in [1.29, 1.82) is 0 Å². The lowest BCUT2D eigenvalue weighted by molar-refractivity contribution is -0.120. The van der Waals surface area contributed by atoms with Crippen molar-refractivity contribution in [2.45, 2.75) is 25.4 Å². The van der Waals surface area contributed by atoms with E-state index in [2.05, 4.69) is 20.3 Å². The van der Waals surface area contributed by atoms with E-state index in [1.807, 2.05) is 18.2 Å². The molecule has 2 aliphatic rings. The summed E-state index contributed by atoms with van der Waals surface area (Å²) in [4.78, 5) is 33.9. The number of aliphatic hydroxyl groups excluding tert-OH is 1. The highest BCUT2D eigenvalue weighted by molar-refractivity contribution is 6.18. The minimum Gasteiger partial charge on any atom is -0.489 e. The zero-order valence-corrected chi connectivity index (χ0v) is 22.3. The largest absolute Gasteiger partial charge is 0.489 e. The Bertz CT molecular complexity index is 1340. The molecule has 0 bridgehead atoms. The number of nitrogens with zero attached hydrogens (tertiary/aromatic N) is 5. The monoisotopic (exact) mass is 556 g/mol. The maximum atomic E-state index is 13.3. The number of hydrogen-bond donors (Lipinski definition) is 2. The van der Waals surface area contributed by atoms with Crippen LogP contribution in [0.15, 0.2) is 48.8 Å². The summed E-state index contributed by atoms with van der Waals surface area (Å²) in [5.74, 6) is -0.393. The second-order valence-electron chi connectivity index (χ2n) is 10.1. The van der Waals surface area contributed by atoms with Crippen molar-refractivity contribution in [2.75, 3.05) is 49.0 Å². The molecule has 0 radical (unpaired) electrons. The Morgan fingerprint density at radius 2 is 1.97 bits per heavy atom. The lowest BCUT2D eigenvalue weighted by Crippen LogP contribution is -2.49. The van der Waals surface area contributed by atoms with E-state index in [1.54, 1.807) is 19.2 Å². The summed E-state index contributed by atoms with van der Waals surface area (Å²) in [7, 11) is 1.65. The second-order valence-corrected chi connectivity index (χ2v) is 10.3. The highest BCUT2D eigenvalue weighted by Crippen LogP contribution is 2.38. The van der Waals surface area contributed by atoms with Gasteiger partial charge in [0.25, 0.3) is 11.8 Å². The number of ether oxygens (including phenoxy) is 1. The van der Waals surface area contributed by atoms with E-state index in [0.29, 0.717) is 23.9 Å². The van der Waals surface area contributed by atoms with Crippen LogP contribution in [0.1, 0.15) is 29.0 Å². The summed E-state index contributed by atoms with van der Waals surface area (Å²) >= 11 is 6.12. The number of anilines is 2. The first-order chi connectivity index (χ1) is 18.8. The number of alkyl halides is 1. The lowest BCUT2D eigenvalue weighted by atomic mass is 9.81. The normalized spacial score (nSPS) is 18.8. The van der Waals surface area contributed by atoms with Crippen molar-refractivity contribution in [3.8, 4) is 5.75 Å². The molecule has 3 aromatic rings. The van der Waals surface area contributed by atoms with Gasteiger partial charge in [-0.05, 0) is 48.7 Å². The van der Waals surface area contributed by atoms with E-state index in [0.717, 1.165) is 37.2 Å². The van der Waals surface area contributed by atoms with Crippen molar-refractivity contribution >= 4 is 34.8 Å². The van der Waals surface area contributed by atoms with Crippen LogP contribution in [-0.2, 0) is 11.3 Å². The number of aliphatic hydroxyl groups is 1. The Morgan fingerprint density at radius 1 is 1.23 bits per heavy atom. The number of halogens is 2. The van der Waals surface area contributed by atoms with Crippen LogP contribution in [-0.4, -0.2) is 77.0 Å². The van der Waals surface area contributed by atoms with Gasteiger partial charge in [0.05, 0.1) is 12.2 Å². The minimum absolute atomic E-state index is 0.0456. The predicted molar refractivity (Wildman–Crippen MR) is 144 cm³/mol. The fourth-order valence-electron chi connectivity index (χ4n) is 4.83. The molecule has 0 aliphatic carbocycles. The smallest absolute Gasteiger partial charge is 0.291 e. The number of fused-ring (bicyclic) bond motifs is 1. The van der Waals surface area contributed by atoms with Gasteiger partial charge < -0.3 is 25.0 Å². The molecule has 12 heteroatoms. The molecule has 1 saturated heterocycles. The molecule has 206 valence electrons. The number of amides is 2. The number of rotatable bonds is 7. The van der Waals surface area contributed by atoms with Gasteiger partial charge in [-0.15, -0.1) is 16.7 Å². The number of nitrogens with one attached hydrogen (secondary N) is 1. The summed E-state index contributed by atoms with van der Waals surface area (Å²) in [6.07, 6.45) is 2.96. The van der Waals surface area contributed by atoms with Crippen LogP contribution in [0.2, 0.25) is 0 Å². The summed E-state index contributed by atoms with van der Waals surface area (Å²) in [5, 5.41) is 16.6. The first kappa shape index (κ1) is 26.9.